The van der Waals surface area contributed by atoms with Crippen molar-refractivity contribution < 1.29 is 9.53 Å². The van der Waals surface area contributed by atoms with E-state index in [0.717, 1.165) is 23.4 Å². The maximum Gasteiger partial charge on any atom is 0.227 e. The Balaban J connectivity index is 1.74. The number of hydrogen-bond acceptors (Lipinski definition) is 2. The summed E-state index contributed by atoms with van der Waals surface area (Å²) in [4.78, 5) is 11.9. The largest absolute Gasteiger partial charge is 0.493 e. The average Bonchev–Trinajstić information content (AvgIpc) is 2.54. The van der Waals surface area contributed by atoms with Crippen LogP contribution in [0.3, 0.4) is 0 Å². The lowest BCUT2D eigenvalue weighted by atomic mass is 10.1. The van der Waals surface area contributed by atoms with Crippen molar-refractivity contribution in [3.63, 3.8) is 0 Å². The highest BCUT2D eigenvalue weighted by Gasteiger charge is 2.03. The first kappa shape index (κ1) is 17.1. The van der Waals surface area contributed by atoms with Crippen molar-refractivity contribution in [2.45, 2.75) is 39.5 Å². The van der Waals surface area contributed by atoms with Crippen molar-refractivity contribution in [1.82, 2.24) is 0 Å². The molecule has 0 fully saturated rings. The average molecular weight is 311 g/mol. The smallest absolute Gasteiger partial charge is 0.227 e. The molecule has 0 heterocycles. The van der Waals surface area contributed by atoms with Gasteiger partial charge in [-0.2, -0.15) is 0 Å². The van der Waals surface area contributed by atoms with Gasteiger partial charge in [-0.3, -0.25) is 4.79 Å². The molecule has 0 unspecified atom stereocenters. The Morgan fingerprint density at radius 1 is 1.13 bits per heavy atom. The van der Waals surface area contributed by atoms with Crippen LogP contribution in [0.25, 0.3) is 0 Å². The second kappa shape index (κ2) is 8.99. The Bertz CT molecular complexity index is 620. The monoisotopic (exact) mass is 311 g/mol. The second-order valence-corrected chi connectivity index (χ2v) is 5.76. The van der Waals surface area contributed by atoms with Gasteiger partial charge in [0, 0.05) is 5.69 Å². The number of rotatable bonds is 8. The zero-order chi connectivity index (χ0) is 16.5. The first-order valence-electron chi connectivity index (χ1n) is 8.25. The maximum atomic E-state index is 11.9. The van der Waals surface area contributed by atoms with Crippen LogP contribution in [0.1, 0.15) is 37.3 Å². The first-order valence-corrected chi connectivity index (χ1v) is 8.25. The molecule has 2 aromatic carbocycles. The van der Waals surface area contributed by atoms with E-state index in [1.807, 2.05) is 43.3 Å². The van der Waals surface area contributed by atoms with Gasteiger partial charge in [0.15, 0.2) is 0 Å². The lowest BCUT2D eigenvalue weighted by Crippen LogP contribution is -2.15. The van der Waals surface area contributed by atoms with Gasteiger partial charge in [-0.25, -0.2) is 0 Å². The van der Waals surface area contributed by atoms with Crippen molar-refractivity contribution >= 4 is 11.6 Å². The highest BCUT2D eigenvalue weighted by Crippen LogP contribution is 2.14. The van der Waals surface area contributed by atoms with Crippen LogP contribution in [0, 0.1) is 6.92 Å². The van der Waals surface area contributed by atoms with Crippen LogP contribution >= 0.6 is 0 Å². The fourth-order valence-electron chi connectivity index (χ4n) is 2.33. The lowest BCUT2D eigenvalue weighted by molar-refractivity contribution is -0.116. The normalized spacial score (nSPS) is 10.3. The summed E-state index contributed by atoms with van der Waals surface area (Å²) >= 11 is 0. The van der Waals surface area contributed by atoms with Crippen LogP contribution in [-0.4, -0.2) is 12.5 Å². The Morgan fingerprint density at radius 2 is 1.91 bits per heavy atom. The predicted octanol–water partition coefficient (Wildman–Crippen LogP) is 4.75. The number of ether oxygens (including phenoxy) is 1. The lowest BCUT2D eigenvalue weighted by Gasteiger charge is -2.08. The minimum atomic E-state index is -0.0287. The minimum Gasteiger partial charge on any atom is -0.493 e. The zero-order valence-corrected chi connectivity index (χ0v) is 14.0. The molecule has 0 aliphatic heterocycles. The fourth-order valence-corrected chi connectivity index (χ4v) is 2.33. The molecule has 1 amide bonds. The van der Waals surface area contributed by atoms with Gasteiger partial charge in [0.2, 0.25) is 5.91 Å². The quantitative estimate of drug-likeness (QED) is 0.764. The Morgan fingerprint density at radius 3 is 2.61 bits per heavy atom. The summed E-state index contributed by atoms with van der Waals surface area (Å²) in [5.41, 5.74) is 3.30. The molecule has 2 rings (SSSR count). The number of aryl methyl sites for hydroxylation is 2. The topological polar surface area (TPSA) is 38.3 Å². The van der Waals surface area contributed by atoms with Gasteiger partial charge in [-0.05, 0) is 55.2 Å². The molecule has 0 radical (unpaired) electrons. The van der Waals surface area contributed by atoms with Gasteiger partial charge in [-0.15, -0.1) is 0 Å². The Kier molecular flexibility index (Phi) is 6.67. The van der Waals surface area contributed by atoms with E-state index in [0.29, 0.717) is 13.0 Å². The zero-order valence-electron chi connectivity index (χ0n) is 14.0. The SMILES string of the molecule is CCCCc1ccc(NC(=O)CCOc2cccc(C)c2)cc1. The van der Waals surface area contributed by atoms with E-state index in [1.165, 1.54) is 18.4 Å². The molecule has 0 aliphatic rings. The maximum absolute atomic E-state index is 11.9. The van der Waals surface area contributed by atoms with E-state index in [1.54, 1.807) is 0 Å². The fraction of sp³-hybridized carbons (Fsp3) is 0.350. The van der Waals surface area contributed by atoms with Gasteiger partial charge < -0.3 is 10.1 Å². The van der Waals surface area contributed by atoms with E-state index >= 15 is 0 Å². The molecule has 0 saturated heterocycles. The first-order chi connectivity index (χ1) is 11.2. The molecule has 0 aliphatic carbocycles. The number of hydrogen-bond donors (Lipinski definition) is 1. The minimum absolute atomic E-state index is 0.0287. The summed E-state index contributed by atoms with van der Waals surface area (Å²) in [6, 6.07) is 15.9. The molecule has 122 valence electrons. The molecule has 3 heteroatoms. The number of anilines is 1. The third-order valence-corrected chi connectivity index (χ3v) is 3.64. The third-order valence-electron chi connectivity index (χ3n) is 3.64. The summed E-state index contributed by atoms with van der Waals surface area (Å²) in [5, 5.41) is 2.90. The summed E-state index contributed by atoms with van der Waals surface area (Å²) in [5.74, 6) is 0.775. The Labute approximate surface area is 138 Å². The van der Waals surface area contributed by atoms with Gasteiger partial charge in [0.05, 0.1) is 13.0 Å². The molecule has 3 nitrogen and oxygen atoms in total. The van der Waals surface area contributed by atoms with E-state index in [2.05, 4.69) is 24.4 Å². The number of carbonyl (C=O) groups excluding carboxylic acids is 1. The van der Waals surface area contributed by atoms with E-state index < -0.39 is 0 Å². The second-order valence-electron chi connectivity index (χ2n) is 5.76. The third kappa shape index (κ3) is 6.15. The number of carbonyl (C=O) groups is 1. The van der Waals surface area contributed by atoms with Crippen LogP contribution in [0.5, 0.6) is 5.75 Å². The van der Waals surface area contributed by atoms with Crippen molar-refractivity contribution in [3.05, 3.63) is 59.7 Å². The van der Waals surface area contributed by atoms with E-state index in [-0.39, 0.29) is 5.91 Å². The van der Waals surface area contributed by atoms with Crippen molar-refractivity contribution in [2.24, 2.45) is 0 Å². The van der Waals surface area contributed by atoms with Crippen LogP contribution in [-0.2, 0) is 11.2 Å². The van der Waals surface area contributed by atoms with Gasteiger partial charge in [-0.1, -0.05) is 37.6 Å². The number of nitrogens with one attached hydrogen (secondary N) is 1. The predicted molar refractivity (Wildman–Crippen MR) is 95.0 cm³/mol. The van der Waals surface area contributed by atoms with Gasteiger partial charge >= 0.3 is 0 Å². The summed E-state index contributed by atoms with van der Waals surface area (Å²) < 4.78 is 5.60. The number of amides is 1. The van der Waals surface area contributed by atoms with Crippen molar-refractivity contribution in [3.8, 4) is 5.75 Å². The van der Waals surface area contributed by atoms with Crippen LogP contribution in [0.15, 0.2) is 48.5 Å². The van der Waals surface area contributed by atoms with Gasteiger partial charge in [0.1, 0.15) is 5.75 Å². The van der Waals surface area contributed by atoms with Crippen LogP contribution < -0.4 is 10.1 Å². The molecular formula is C20H25NO2. The summed E-state index contributed by atoms with van der Waals surface area (Å²) in [6.45, 7) is 4.58. The molecule has 0 spiro atoms. The van der Waals surface area contributed by atoms with Crippen molar-refractivity contribution in [1.29, 1.82) is 0 Å². The Hall–Kier alpha value is -2.29. The molecule has 0 saturated carbocycles. The van der Waals surface area contributed by atoms with Gasteiger partial charge in [0.25, 0.3) is 0 Å². The summed E-state index contributed by atoms with van der Waals surface area (Å²) in [6.07, 6.45) is 3.82. The standard InChI is InChI=1S/C20H25NO2/c1-3-4-7-17-9-11-18(12-10-17)21-20(22)13-14-23-19-8-5-6-16(2)15-19/h5-6,8-12,15H,3-4,7,13-14H2,1-2H3,(H,21,22). The van der Waals surface area contributed by atoms with Crippen LogP contribution in [0.2, 0.25) is 0 Å². The highest BCUT2D eigenvalue weighted by molar-refractivity contribution is 5.90. The highest BCUT2D eigenvalue weighted by atomic mass is 16.5. The van der Waals surface area contributed by atoms with Crippen molar-refractivity contribution in [2.75, 3.05) is 11.9 Å². The summed E-state index contributed by atoms with van der Waals surface area (Å²) in [7, 11) is 0. The molecule has 2 aromatic rings. The molecule has 0 bridgehead atoms. The number of unbranched alkanes of at least 4 members (excludes halogenated alkanes) is 1. The van der Waals surface area contributed by atoms with Crippen LogP contribution in [0.4, 0.5) is 5.69 Å². The molecule has 0 atom stereocenters. The molecule has 23 heavy (non-hydrogen) atoms. The molecule has 0 aromatic heterocycles. The number of benzene rings is 2. The molecule has 1 N–H and O–H groups in total. The molecular weight excluding hydrogens is 286 g/mol. The van der Waals surface area contributed by atoms with E-state index in [4.69, 9.17) is 4.74 Å². The van der Waals surface area contributed by atoms with E-state index in [9.17, 15) is 4.79 Å².